The van der Waals surface area contributed by atoms with E-state index in [0.29, 0.717) is 358 Å². The lowest BCUT2D eigenvalue weighted by Crippen LogP contribution is -2.24. The van der Waals surface area contributed by atoms with Gasteiger partial charge in [0.2, 0.25) is 35.7 Å². The monoisotopic (exact) mass is 2100 g/mol. The van der Waals surface area contributed by atoms with Crippen LogP contribution in [0.15, 0.2) is 109 Å². The molecule has 0 spiro atoms. The van der Waals surface area contributed by atoms with Crippen LogP contribution in [0.2, 0.25) is 0 Å². The van der Waals surface area contributed by atoms with Gasteiger partial charge in [-0.05, 0) is 185 Å². The fourth-order valence-corrected chi connectivity index (χ4v) is 13.5. The van der Waals surface area contributed by atoms with Crippen molar-refractivity contribution in [2.24, 2.45) is 0 Å². The first-order valence-electron chi connectivity index (χ1n) is 51.0. The van der Waals surface area contributed by atoms with E-state index in [2.05, 4.69) is 31.9 Å². The molecule has 6 aromatic carbocycles. The van der Waals surface area contributed by atoms with Gasteiger partial charge < -0.3 is 170 Å². The Morgan fingerprint density at radius 3 is 0.700 bits per heavy atom. The van der Waals surface area contributed by atoms with E-state index in [9.17, 15) is 28.8 Å². The number of hydrogen-bond acceptors (Lipinski definition) is 42. The highest BCUT2D eigenvalue weighted by molar-refractivity contribution is 5.81. The Hall–Kier alpha value is -12.7. The Morgan fingerprint density at radius 1 is 0.233 bits per heavy atom. The topological polar surface area (TPSA) is 473 Å². The van der Waals surface area contributed by atoms with Crippen LogP contribution < -0.4 is 88.7 Å². The van der Waals surface area contributed by atoms with Gasteiger partial charge >= 0.3 is 0 Å². The molecule has 2 aromatic heterocycles. The molecule has 828 valence electrons. The summed E-state index contributed by atoms with van der Waals surface area (Å²) in [4.78, 5) is 99.6. The van der Waals surface area contributed by atoms with Crippen LogP contribution in [0.25, 0.3) is 0 Å². The lowest BCUT2D eigenvalue weighted by atomic mass is 10.1. The highest BCUT2D eigenvalue weighted by Crippen LogP contribution is 2.40. The first-order valence-corrected chi connectivity index (χ1v) is 51.0. The second kappa shape index (κ2) is 76.7. The number of ketones is 6. The summed E-state index contributed by atoms with van der Waals surface area (Å²) < 4.78 is 138. The van der Waals surface area contributed by atoms with Crippen LogP contribution in [0.3, 0.4) is 0 Å². The number of rotatable bonds is 89. The molecule has 0 amide bonds. The number of nitrogens with zero attached hydrogens (tertiary/aromatic N) is 6. The van der Waals surface area contributed by atoms with Crippen LogP contribution in [0.1, 0.15) is 158 Å². The minimum Gasteiger partial charge on any atom is -0.494 e. The van der Waals surface area contributed by atoms with Crippen molar-refractivity contribution in [2.45, 2.75) is 164 Å². The summed E-state index contributed by atoms with van der Waals surface area (Å²) in [6.07, 6.45) is 9.48. The zero-order chi connectivity index (χ0) is 108. The maximum atomic E-state index is 12.6. The molecule has 8 rings (SSSR count). The number of unbranched alkanes of at least 4 members (excludes halogenated alkanes) is 5. The Bertz CT molecular complexity index is 4830. The number of carbonyl (C=O) groups is 6. The van der Waals surface area contributed by atoms with E-state index in [1.54, 1.807) is 168 Å². The van der Waals surface area contributed by atoms with Gasteiger partial charge in [0.05, 0.1) is 169 Å². The number of carbonyl (C=O) groups excluding carboxylic acids is 6. The number of anilines is 12. The molecular weight excluding hydrogens is 1950 g/mol. The van der Waals surface area contributed by atoms with Gasteiger partial charge in [-0.15, -0.1) is 0 Å². The molecule has 0 fully saturated rings. The average Bonchev–Trinajstić information content (AvgIpc) is 0.815. The summed E-state index contributed by atoms with van der Waals surface area (Å²) in [5.74, 6) is 6.96. The van der Waals surface area contributed by atoms with Crippen molar-refractivity contribution >= 4 is 105 Å². The number of aromatic nitrogens is 6. The SMILES string of the molecule is CCCC(Oc1ccc(OCCCCC(C)=O)c(Nc2nc(Nc3cc(OCCCCC(C)=O)ccc3OCCCCC(C)=O)nc(Nc3cc(OCCCCC(C)=O)ccc3OCCCCC(C)=O)n2)c1)C(C)=O.COCCOCCOc1ccc(Nc2nc(Nc3ccc(OCCOCCOC)c(OCCOCCOC)c3)nc(Nc3ccc(OCCOCCOC)c(OCCOCCOC)c3)n2)cc1OCCOCCOC. The van der Waals surface area contributed by atoms with Gasteiger partial charge in [-0.25, -0.2) is 0 Å². The van der Waals surface area contributed by atoms with E-state index in [0.717, 1.165) is 6.42 Å². The summed E-state index contributed by atoms with van der Waals surface area (Å²) in [6, 6.07) is 32.1. The third kappa shape index (κ3) is 54.1. The molecule has 42 heteroatoms. The number of methoxy groups -OCH3 is 6. The number of benzene rings is 6. The fraction of sp³-hybridized carbons (Fsp3) is 0.556. The Balaban J connectivity index is 0.000000406. The van der Waals surface area contributed by atoms with Crippen LogP contribution in [-0.2, 0) is 85.6 Å². The van der Waals surface area contributed by atoms with Crippen molar-refractivity contribution < 1.29 is 142 Å². The Morgan fingerprint density at radius 2 is 0.453 bits per heavy atom. The smallest absolute Gasteiger partial charge is 0.233 e. The lowest BCUT2D eigenvalue weighted by Gasteiger charge is -2.19. The molecule has 0 aliphatic rings. The van der Waals surface area contributed by atoms with Gasteiger partial charge in [-0.3, -0.25) is 4.79 Å². The number of nitrogens with one attached hydrogen (secondary N) is 6. The highest BCUT2D eigenvalue weighted by Gasteiger charge is 2.23. The van der Waals surface area contributed by atoms with Gasteiger partial charge in [0.1, 0.15) is 103 Å². The number of hydrogen-bond donors (Lipinski definition) is 6. The molecule has 0 saturated heterocycles. The Kier molecular flexibility index (Phi) is 63.5. The zero-order valence-electron chi connectivity index (χ0n) is 89.4. The molecule has 0 bridgehead atoms. The zero-order valence-corrected chi connectivity index (χ0v) is 89.4. The maximum Gasteiger partial charge on any atom is 0.233 e. The first kappa shape index (κ1) is 124. The maximum absolute atomic E-state index is 12.6. The third-order valence-corrected chi connectivity index (χ3v) is 21.2. The van der Waals surface area contributed by atoms with Gasteiger partial charge in [0.25, 0.3) is 0 Å². The van der Waals surface area contributed by atoms with Crippen molar-refractivity contribution in [3.05, 3.63) is 109 Å². The predicted octanol–water partition coefficient (Wildman–Crippen LogP) is 17.3. The largest absolute Gasteiger partial charge is 0.494 e. The van der Waals surface area contributed by atoms with Crippen LogP contribution in [-0.4, -0.2) is 305 Å². The quantitative estimate of drug-likeness (QED) is 0.0193. The van der Waals surface area contributed by atoms with E-state index in [1.807, 2.05) is 25.1 Å². The van der Waals surface area contributed by atoms with Gasteiger partial charge in [-0.1, -0.05) is 13.3 Å². The molecule has 1 unspecified atom stereocenters. The van der Waals surface area contributed by atoms with Crippen molar-refractivity contribution in [2.75, 3.05) is 266 Å². The summed E-state index contributed by atoms with van der Waals surface area (Å²) in [5, 5.41) is 19.9. The predicted molar refractivity (Wildman–Crippen MR) is 567 cm³/mol. The van der Waals surface area contributed by atoms with Gasteiger partial charge in [0.15, 0.2) is 46.4 Å². The van der Waals surface area contributed by atoms with Crippen molar-refractivity contribution in [3.8, 4) is 69.0 Å². The van der Waals surface area contributed by atoms with Crippen molar-refractivity contribution in [1.29, 1.82) is 0 Å². The van der Waals surface area contributed by atoms with Gasteiger partial charge in [0, 0.05) is 128 Å². The molecule has 0 aliphatic heterocycles. The molecule has 42 nitrogen and oxygen atoms in total. The molecule has 2 heterocycles. The second-order valence-electron chi connectivity index (χ2n) is 34.1. The average molecular weight is 2100 g/mol. The van der Waals surface area contributed by atoms with Crippen LogP contribution in [0.5, 0.6) is 69.0 Å². The fourth-order valence-electron chi connectivity index (χ4n) is 13.5. The molecular formula is C108H156N12O30. The molecule has 8 aromatic rings. The molecule has 0 radical (unpaired) electrons. The second-order valence-corrected chi connectivity index (χ2v) is 34.1. The lowest BCUT2D eigenvalue weighted by molar-refractivity contribution is -0.124. The molecule has 6 N–H and O–H groups in total. The summed E-state index contributed by atoms with van der Waals surface area (Å²) in [7, 11) is 9.72. The van der Waals surface area contributed by atoms with Crippen LogP contribution >= 0.6 is 0 Å². The highest BCUT2D eigenvalue weighted by atomic mass is 16.6. The molecule has 0 saturated carbocycles. The summed E-state index contributed by atoms with van der Waals surface area (Å²) in [6.45, 7) is 22.1. The summed E-state index contributed by atoms with van der Waals surface area (Å²) >= 11 is 0. The Labute approximate surface area is 880 Å². The van der Waals surface area contributed by atoms with Gasteiger partial charge in [-0.2, -0.15) is 29.9 Å². The van der Waals surface area contributed by atoms with E-state index in [-0.39, 0.29) is 110 Å². The van der Waals surface area contributed by atoms with Crippen LogP contribution in [0.4, 0.5) is 69.8 Å². The minimum absolute atomic E-state index is 0.0689. The third-order valence-electron chi connectivity index (χ3n) is 21.2. The summed E-state index contributed by atoms with van der Waals surface area (Å²) in [5.41, 5.74) is 3.12. The van der Waals surface area contributed by atoms with Crippen molar-refractivity contribution in [1.82, 2.24) is 29.9 Å². The standard InChI is InChI=1S/C57H78N6O12.C51H78N6O18/c1-8-19-51(44(7)69)75-47-27-30-54(74-35-18-13-24-43(6)68)50(38-47)60-57-62-55(58-48-36-45(70-31-14-9-20-39(2)64)25-28-52(48)72-33-16-11-22-41(4)66)61-56(63-57)59-49-37-46(71-32-15-10-21-40(3)65)26-29-53(49)73-34-17-12-23-42(5)67;1-58-13-19-64-25-31-70-43-10-7-40(37-46(43)73-34-28-67-22-16-61-4)52-49-55-50(53-41-8-11-44(71-32-26-65-20-14-59-2)47(38-41)74-35-29-68-23-17-62-5)57-51(56-49)54-42-9-12-45(72-33-27-66-21-15-60-3)48(39-42)75-36-30-69-24-18-63-6/h25-30,36-38,51H,8-24,31-35H2,1-7H3,(H3,58,59,60,61,62,63);7-12,37-39H,13-36H2,1-6H3,(H3,52,53,54,55,56,57). The molecule has 0 aliphatic carbocycles. The van der Waals surface area contributed by atoms with E-state index >= 15 is 0 Å². The minimum atomic E-state index is -0.665. The van der Waals surface area contributed by atoms with E-state index in [4.69, 9.17) is 144 Å². The number of Topliss-reactive ketones (excluding diaryl/α,β-unsaturated/α-hetero) is 6. The van der Waals surface area contributed by atoms with E-state index in [1.165, 1.54) is 6.92 Å². The number of ether oxygens (including phenoxy) is 24. The van der Waals surface area contributed by atoms with Crippen LogP contribution in [0, 0.1) is 0 Å². The van der Waals surface area contributed by atoms with Crippen molar-refractivity contribution in [3.63, 3.8) is 0 Å². The first-order chi connectivity index (χ1) is 73.1. The molecule has 1 atom stereocenters. The van der Waals surface area contributed by atoms with E-state index < -0.39 is 6.10 Å². The molecule has 150 heavy (non-hydrogen) atoms. The normalized spacial score (nSPS) is 11.2.